The summed E-state index contributed by atoms with van der Waals surface area (Å²) in [6, 6.07) is 19.9. The van der Waals surface area contributed by atoms with Crippen LogP contribution in [0, 0.1) is 0 Å². The van der Waals surface area contributed by atoms with Gasteiger partial charge < -0.3 is 15.4 Å². The Hall–Kier alpha value is -3.67. The quantitative estimate of drug-likeness (QED) is 0.643. The highest BCUT2D eigenvalue weighted by atomic mass is 16.5. The van der Waals surface area contributed by atoms with Gasteiger partial charge in [0.1, 0.15) is 17.1 Å². The average Bonchev–Trinajstić information content (AvgIpc) is 2.78. The normalized spacial score (nSPS) is 10.3. The molecule has 2 N–H and O–H groups in total. The molecule has 0 spiro atoms. The predicted octanol–water partition coefficient (Wildman–Crippen LogP) is 3.83. The van der Waals surface area contributed by atoms with Crippen molar-refractivity contribution in [3.05, 3.63) is 89.2 Å². The molecule has 0 saturated carbocycles. The van der Waals surface area contributed by atoms with E-state index in [1.54, 1.807) is 25.3 Å². The van der Waals surface area contributed by atoms with Crippen LogP contribution in [0.15, 0.2) is 66.7 Å². The third kappa shape index (κ3) is 4.99. The summed E-state index contributed by atoms with van der Waals surface area (Å²) in [7, 11) is 1.58. The molecule has 29 heavy (non-hydrogen) atoms. The van der Waals surface area contributed by atoms with Gasteiger partial charge >= 0.3 is 0 Å². The Labute approximate surface area is 169 Å². The molecule has 1 heterocycles. The zero-order chi connectivity index (χ0) is 20.6. The first-order valence-corrected chi connectivity index (χ1v) is 9.38. The molecule has 2 aromatic carbocycles. The van der Waals surface area contributed by atoms with Crippen molar-refractivity contribution in [1.82, 2.24) is 10.3 Å². The summed E-state index contributed by atoms with van der Waals surface area (Å²) in [6.45, 7) is 2.32. The smallest absolute Gasteiger partial charge is 0.274 e. The fourth-order valence-corrected chi connectivity index (χ4v) is 2.94. The van der Waals surface area contributed by atoms with Gasteiger partial charge in [0.2, 0.25) is 0 Å². The molecule has 0 fully saturated rings. The third-order valence-electron chi connectivity index (χ3n) is 4.49. The van der Waals surface area contributed by atoms with Crippen LogP contribution >= 0.6 is 0 Å². The van der Waals surface area contributed by atoms with Crippen LogP contribution in [0.4, 0.5) is 5.69 Å². The van der Waals surface area contributed by atoms with E-state index in [0.29, 0.717) is 12.3 Å². The van der Waals surface area contributed by atoms with Crippen molar-refractivity contribution >= 4 is 17.5 Å². The highest BCUT2D eigenvalue weighted by Gasteiger charge is 2.14. The molecule has 0 unspecified atom stereocenters. The molecular formula is C23H23N3O3. The fourth-order valence-electron chi connectivity index (χ4n) is 2.94. The number of hydrogen-bond donors (Lipinski definition) is 2. The molecule has 0 saturated heterocycles. The zero-order valence-electron chi connectivity index (χ0n) is 16.4. The second-order valence-electron chi connectivity index (χ2n) is 6.37. The Morgan fingerprint density at radius 3 is 2.24 bits per heavy atom. The molecule has 0 bridgehead atoms. The summed E-state index contributed by atoms with van der Waals surface area (Å²) in [5.41, 5.74) is 2.99. The molecule has 0 atom stereocenters. The lowest BCUT2D eigenvalue weighted by Crippen LogP contribution is -2.25. The number of carbonyl (C=O) groups is 2. The topological polar surface area (TPSA) is 80.3 Å². The second-order valence-corrected chi connectivity index (χ2v) is 6.37. The maximum Gasteiger partial charge on any atom is 0.274 e. The van der Waals surface area contributed by atoms with Crippen LogP contribution in [0.1, 0.15) is 39.0 Å². The van der Waals surface area contributed by atoms with Crippen LogP contribution in [0.25, 0.3) is 0 Å². The number of amides is 2. The summed E-state index contributed by atoms with van der Waals surface area (Å²) < 4.78 is 5.29. The Balaban J connectivity index is 1.70. The number of benzene rings is 2. The minimum atomic E-state index is -0.362. The first-order chi connectivity index (χ1) is 14.1. The molecule has 0 aliphatic heterocycles. The van der Waals surface area contributed by atoms with E-state index in [2.05, 4.69) is 15.6 Å². The fraction of sp³-hybridized carbons (Fsp3) is 0.174. The highest BCUT2D eigenvalue weighted by molar-refractivity contribution is 6.04. The molecule has 3 aromatic rings. The van der Waals surface area contributed by atoms with Crippen LogP contribution in [-0.4, -0.2) is 23.9 Å². The molecule has 3 rings (SSSR count). The molecule has 0 radical (unpaired) electrons. The van der Waals surface area contributed by atoms with Gasteiger partial charge in [-0.2, -0.15) is 0 Å². The van der Waals surface area contributed by atoms with E-state index in [1.165, 1.54) is 0 Å². The van der Waals surface area contributed by atoms with Crippen molar-refractivity contribution in [2.45, 2.75) is 19.9 Å². The lowest BCUT2D eigenvalue weighted by Gasteiger charge is -2.11. The molecule has 148 valence electrons. The van der Waals surface area contributed by atoms with Gasteiger partial charge in [-0.25, -0.2) is 4.98 Å². The number of carbonyl (C=O) groups excluding carboxylic acids is 2. The van der Waals surface area contributed by atoms with Crippen molar-refractivity contribution in [2.24, 2.45) is 0 Å². The van der Waals surface area contributed by atoms with Gasteiger partial charge in [-0.05, 0) is 36.2 Å². The largest absolute Gasteiger partial charge is 0.496 e. The maximum atomic E-state index is 12.6. The summed E-state index contributed by atoms with van der Waals surface area (Å²) in [4.78, 5) is 29.3. The lowest BCUT2D eigenvalue weighted by molar-refractivity contribution is 0.0945. The molecule has 6 heteroatoms. The highest BCUT2D eigenvalue weighted by Crippen LogP contribution is 2.18. The Morgan fingerprint density at radius 2 is 1.52 bits per heavy atom. The maximum absolute atomic E-state index is 12.6. The first kappa shape index (κ1) is 20.1. The second kappa shape index (κ2) is 9.50. The SMILES string of the molecule is CCc1ccccc1NC(=O)c1cccc(C(=O)NCc2ccccc2OC)n1. The van der Waals surface area contributed by atoms with Gasteiger partial charge in [-0.1, -0.05) is 49.4 Å². The minimum Gasteiger partial charge on any atom is -0.496 e. The van der Waals surface area contributed by atoms with Crippen LogP contribution in [0.3, 0.4) is 0 Å². The van der Waals surface area contributed by atoms with Gasteiger partial charge in [-0.3, -0.25) is 9.59 Å². The number of aryl methyl sites for hydroxylation is 1. The van der Waals surface area contributed by atoms with E-state index in [9.17, 15) is 9.59 Å². The summed E-state index contributed by atoms with van der Waals surface area (Å²) in [6.07, 6.45) is 0.801. The van der Waals surface area contributed by atoms with Crippen molar-refractivity contribution in [3.63, 3.8) is 0 Å². The zero-order valence-corrected chi connectivity index (χ0v) is 16.4. The van der Waals surface area contributed by atoms with Gasteiger partial charge in [0.05, 0.1) is 7.11 Å². The van der Waals surface area contributed by atoms with E-state index in [1.807, 2.05) is 55.5 Å². The average molecular weight is 389 g/mol. The number of pyridine rings is 1. The molecular weight excluding hydrogens is 366 g/mol. The number of hydrogen-bond acceptors (Lipinski definition) is 4. The molecule has 0 aliphatic carbocycles. The summed E-state index contributed by atoms with van der Waals surface area (Å²) >= 11 is 0. The minimum absolute atomic E-state index is 0.177. The number of nitrogens with one attached hydrogen (secondary N) is 2. The number of para-hydroxylation sites is 2. The summed E-state index contributed by atoms with van der Waals surface area (Å²) in [5, 5.41) is 5.68. The van der Waals surface area contributed by atoms with Crippen molar-refractivity contribution in [2.75, 3.05) is 12.4 Å². The Bertz CT molecular complexity index is 1020. The standard InChI is InChI=1S/C23H23N3O3/c1-3-16-9-4-6-11-18(16)26-23(28)20-13-8-12-19(25-20)22(27)24-15-17-10-5-7-14-21(17)29-2/h4-14H,3,15H2,1-2H3,(H,24,27)(H,26,28). The number of methoxy groups -OCH3 is 1. The molecule has 2 amide bonds. The van der Waals surface area contributed by atoms with Crippen LogP contribution in [-0.2, 0) is 13.0 Å². The van der Waals surface area contributed by atoms with Crippen molar-refractivity contribution in [3.8, 4) is 5.75 Å². The Morgan fingerprint density at radius 1 is 0.862 bits per heavy atom. The van der Waals surface area contributed by atoms with E-state index in [-0.39, 0.29) is 23.2 Å². The molecule has 0 aliphatic rings. The van der Waals surface area contributed by atoms with Crippen LogP contribution < -0.4 is 15.4 Å². The monoisotopic (exact) mass is 389 g/mol. The van der Waals surface area contributed by atoms with E-state index >= 15 is 0 Å². The van der Waals surface area contributed by atoms with E-state index in [0.717, 1.165) is 23.2 Å². The predicted molar refractivity (Wildman–Crippen MR) is 112 cm³/mol. The van der Waals surface area contributed by atoms with Crippen molar-refractivity contribution < 1.29 is 14.3 Å². The van der Waals surface area contributed by atoms with Gasteiger partial charge in [-0.15, -0.1) is 0 Å². The summed E-state index contributed by atoms with van der Waals surface area (Å²) in [5.74, 6) is -0.0201. The lowest BCUT2D eigenvalue weighted by atomic mass is 10.1. The van der Waals surface area contributed by atoms with Gasteiger partial charge in [0, 0.05) is 17.8 Å². The van der Waals surface area contributed by atoms with E-state index < -0.39 is 0 Å². The van der Waals surface area contributed by atoms with Crippen LogP contribution in [0.5, 0.6) is 5.75 Å². The number of nitrogens with zero attached hydrogens (tertiary/aromatic N) is 1. The van der Waals surface area contributed by atoms with Crippen LogP contribution in [0.2, 0.25) is 0 Å². The number of aromatic nitrogens is 1. The van der Waals surface area contributed by atoms with Gasteiger partial charge in [0.25, 0.3) is 11.8 Å². The number of ether oxygens (including phenoxy) is 1. The number of anilines is 1. The molecule has 6 nitrogen and oxygen atoms in total. The van der Waals surface area contributed by atoms with E-state index in [4.69, 9.17) is 4.74 Å². The van der Waals surface area contributed by atoms with Gasteiger partial charge in [0.15, 0.2) is 0 Å². The third-order valence-corrected chi connectivity index (χ3v) is 4.49. The Kier molecular flexibility index (Phi) is 6.58. The molecule has 1 aromatic heterocycles. The number of rotatable bonds is 7. The van der Waals surface area contributed by atoms with Crippen molar-refractivity contribution in [1.29, 1.82) is 0 Å². The first-order valence-electron chi connectivity index (χ1n) is 9.38.